The zero-order chi connectivity index (χ0) is 29.0. The van der Waals surface area contributed by atoms with E-state index in [1.807, 2.05) is 91.0 Å². The molecule has 3 rings (SSSR count). The molecule has 0 amide bonds. The molecule has 0 aliphatic heterocycles. The third-order valence-corrected chi connectivity index (χ3v) is 8.69. The highest BCUT2D eigenvalue weighted by molar-refractivity contribution is 7.96. The summed E-state index contributed by atoms with van der Waals surface area (Å²) in [6.07, 6.45) is 0. The Kier molecular flexibility index (Phi) is 16.6. The Morgan fingerprint density at radius 3 is 1.18 bits per heavy atom. The van der Waals surface area contributed by atoms with Gasteiger partial charge in [0.25, 0.3) is 5.97 Å². The molecule has 0 saturated carbocycles. The van der Waals surface area contributed by atoms with Crippen LogP contribution in [-0.4, -0.2) is 27.4 Å². The predicted octanol–water partition coefficient (Wildman–Crippen LogP) is 4.66. The Morgan fingerprint density at radius 2 is 1.03 bits per heavy atom. The number of nitrogens with zero attached hydrogens (tertiary/aromatic N) is 2. The largest absolute Gasteiger partial charge is 0.481 e. The number of hydrogen-bond acceptors (Lipinski definition) is 5. The van der Waals surface area contributed by atoms with Gasteiger partial charge in [-0.1, -0.05) is 96.9 Å². The first kappa shape index (κ1) is 33.6. The molecule has 0 aromatic heterocycles. The number of hydrogen-bond donors (Lipinski definition) is 1. The number of nitriles is 2. The van der Waals surface area contributed by atoms with Crippen LogP contribution in [0.15, 0.2) is 91.0 Å². The van der Waals surface area contributed by atoms with Crippen LogP contribution in [0.25, 0.3) is 0 Å². The minimum absolute atomic E-state index is 0.174. The highest BCUT2D eigenvalue weighted by Crippen LogP contribution is 2.46. The van der Waals surface area contributed by atoms with Crippen molar-refractivity contribution in [2.75, 3.05) is 0 Å². The summed E-state index contributed by atoms with van der Waals surface area (Å²) < 4.78 is 0. The summed E-state index contributed by atoms with van der Waals surface area (Å²) in [6.45, 7) is 2.98. The summed E-state index contributed by atoms with van der Waals surface area (Å²) >= 11 is 4.64. The Hall–Kier alpha value is -4.40. The summed E-state index contributed by atoms with van der Waals surface area (Å²) in [7, 11) is 0. The van der Waals surface area contributed by atoms with Crippen LogP contribution >= 0.6 is 18.5 Å². The molecule has 0 fully saturated rings. The standard InChI is InChI=1S/C22H18NOP.C4H3N.C2H3ClO.C2H4O2/c1-18(24)22(17-23)25(19-11-5-2-6-12-19,20-13-7-3-8-14-20)21-15-9-4-10-16-21;1-2-3-4-5;2*1-2(3)4/h2-16H,1H3;1H3;1H3;1H3,(H,3,4). The van der Waals surface area contributed by atoms with E-state index in [0.717, 1.165) is 22.8 Å². The number of aliphatic carboxylic acids is 1. The Bertz CT molecular complexity index is 1270. The summed E-state index contributed by atoms with van der Waals surface area (Å²) in [5, 5.41) is 28.0. The molecule has 0 bridgehead atoms. The highest BCUT2D eigenvalue weighted by atomic mass is 35.5. The van der Waals surface area contributed by atoms with Crippen molar-refractivity contribution in [1.29, 1.82) is 10.5 Å². The van der Waals surface area contributed by atoms with Gasteiger partial charge in [0.05, 0.1) is 0 Å². The van der Waals surface area contributed by atoms with Gasteiger partial charge in [-0.05, 0) is 48.2 Å². The van der Waals surface area contributed by atoms with Crippen LogP contribution in [0.5, 0.6) is 0 Å². The number of ketones is 1. The lowest BCUT2D eigenvalue weighted by molar-refractivity contribution is -0.134. The summed E-state index contributed by atoms with van der Waals surface area (Å²) in [4.78, 5) is 30.7. The third-order valence-electron chi connectivity index (χ3n) is 4.39. The molecule has 0 aliphatic carbocycles. The van der Waals surface area contributed by atoms with Gasteiger partial charge in [0.15, 0.2) is 11.9 Å². The number of Topliss-reactive ketones (excluding diaryl/α,β-unsaturated/α-hetero) is 1. The average Bonchev–Trinajstić information content (AvgIpc) is 2.89. The molecule has 0 aliphatic rings. The van der Waals surface area contributed by atoms with E-state index >= 15 is 0 Å². The van der Waals surface area contributed by atoms with Crippen molar-refractivity contribution in [2.24, 2.45) is 0 Å². The number of halogens is 1. The van der Waals surface area contributed by atoms with Gasteiger partial charge in [-0.25, -0.2) is 0 Å². The molecule has 0 spiro atoms. The van der Waals surface area contributed by atoms with Crippen LogP contribution in [0.4, 0.5) is 0 Å². The van der Waals surface area contributed by atoms with Crippen LogP contribution in [0, 0.1) is 34.5 Å². The second-order valence-electron chi connectivity index (χ2n) is 7.17. The Morgan fingerprint density at radius 1 is 0.737 bits per heavy atom. The zero-order valence-corrected chi connectivity index (χ0v) is 23.2. The van der Waals surface area contributed by atoms with E-state index in [0.29, 0.717) is 5.29 Å². The molecular weight excluding hydrogens is 519 g/mol. The molecule has 3 aromatic rings. The van der Waals surface area contributed by atoms with Crippen LogP contribution in [-0.2, 0) is 14.4 Å². The quantitative estimate of drug-likeness (QED) is 0.289. The van der Waals surface area contributed by atoms with Gasteiger partial charge in [0, 0.05) is 19.8 Å². The van der Waals surface area contributed by atoms with E-state index in [-0.39, 0.29) is 11.0 Å². The van der Waals surface area contributed by atoms with Crippen LogP contribution < -0.4 is 15.9 Å². The van der Waals surface area contributed by atoms with E-state index < -0.39 is 12.9 Å². The molecule has 1 N–H and O–H groups in total. The van der Waals surface area contributed by atoms with Crippen molar-refractivity contribution < 1.29 is 19.5 Å². The summed E-state index contributed by atoms with van der Waals surface area (Å²) in [5.41, 5.74) is 0. The lowest BCUT2D eigenvalue weighted by Crippen LogP contribution is -2.32. The van der Waals surface area contributed by atoms with Gasteiger partial charge in [0.2, 0.25) is 5.24 Å². The maximum atomic E-state index is 12.5. The van der Waals surface area contributed by atoms with E-state index in [9.17, 15) is 14.9 Å². The molecule has 194 valence electrons. The number of carbonyl (C=O) groups is 3. The normalized spacial score (nSPS) is 8.82. The monoisotopic (exact) mass is 546 g/mol. The second kappa shape index (κ2) is 18.8. The lowest BCUT2D eigenvalue weighted by Gasteiger charge is -2.29. The Balaban J connectivity index is 0.000000879. The number of carboxylic acids is 1. The first-order chi connectivity index (χ1) is 18.1. The van der Waals surface area contributed by atoms with Crippen LogP contribution in [0.2, 0.25) is 0 Å². The molecular formula is C30H28ClN2O4P. The minimum atomic E-state index is -2.51. The maximum Gasteiger partial charge on any atom is 0.300 e. The molecule has 0 unspecified atom stereocenters. The fraction of sp³-hybridized carbons (Fsp3) is 0.133. The van der Waals surface area contributed by atoms with Gasteiger partial charge in [0.1, 0.15) is 11.4 Å². The molecule has 0 radical (unpaired) electrons. The van der Waals surface area contributed by atoms with Crippen molar-refractivity contribution in [2.45, 2.75) is 27.7 Å². The molecule has 38 heavy (non-hydrogen) atoms. The topological polar surface area (TPSA) is 119 Å². The first-order valence-corrected chi connectivity index (χ1v) is 13.3. The molecule has 0 atom stereocenters. The minimum Gasteiger partial charge on any atom is -0.481 e. The van der Waals surface area contributed by atoms with Crippen molar-refractivity contribution >= 4 is 56.7 Å². The van der Waals surface area contributed by atoms with Crippen molar-refractivity contribution in [1.82, 2.24) is 0 Å². The van der Waals surface area contributed by atoms with Crippen molar-refractivity contribution in [3.8, 4) is 24.0 Å². The summed E-state index contributed by atoms with van der Waals surface area (Å²) in [5.74, 6) is 3.57. The number of rotatable bonds is 4. The van der Waals surface area contributed by atoms with E-state index in [1.54, 1.807) is 13.0 Å². The highest BCUT2D eigenvalue weighted by Gasteiger charge is 2.31. The van der Waals surface area contributed by atoms with Crippen LogP contribution in [0.1, 0.15) is 27.7 Å². The molecule has 8 heteroatoms. The van der Waals surface area contributed by atoms with Gasteiger partial charge in [-0.3, -0.25) is 14.4 Å². The molecule has 0 heterocycles. The van der Waals surface area contributed by atoms with Gasteiger partial charge in [-0.15, -0.1) is 0 Å². The molecule has 6 nitrogen and oxygen atoms in total. The van der Waals surface area contributed by atoms with E-state index in [1.165, 1.54) is 13.8 Å². The molecule has 3 aromatic carbocycles. The third kappa shape index (κ3) is 11.1. The van der Waals surface area contributed by atoms with Crippen molar-refractivity contribution in [3.05, 3.63) is 91.0 Å². The zero-order valence-electron chi connectivity index (χ0n) is 21.6. The van der Waals surface area contributed by atoms with Gasteiger partial charge in [-0.2, -0.15) is 10.5 Å². The summed E-state index contributed by atoms with van der Waals surface area (Å²) in [6, 6.07) is 33.7. The number of carboxylic acid groups (broad SMARTS) is 1. The van der Waals surface area contributed by atoms with E-state index in [2.05, 4.69) is 29.5 Å². The maximum absolute atomic E-state index is 12.5. The second-order valence-corrected chi connectivity index (χ2v) is 11.0. The number of benzene rings is 3. The van der Waals surface area contributed by atoms with Crippen LogP contribution in [0.3, 0.4) is 0 Å². The smallest absolute Gasteiger partial charge is 0.300 e. The predicted molar refractivity (Wildman–Crippen MR) is 155 cm³/mol. The molecule has 0 saturated heterocycles. The van der Waals surface area contributed by atoms with Gasteiger partial charge >= 0.3 is 0 Å². The van der Waals surface area contributed by atoms with Crippen molar-refractivity contribution in [3.63, 3.8) is 0 Å². The van der Waals surface area contributed by atoms with Gasteiger partial charge < -0.3 is 5.11 Å². The average molecular weight is 547 g/mol. The SMILES string of the molecule is CC#CC#N.CC(=O)C(C#N)=P(c1ccccc1)(c1ccccc1)c1ccccc1.CC(=O)Cl.CC(=O)O. The fourth-order valence-corrected chi connectivity index (χ4v) is 7.38. The fourth-order valence-electron chi connectivity index (χ4n) is 3.24. The lowest BCUT2D eigenvalue weighted by atomic mass is 10.3. The number of carbonyl (C=O) groups excluding carboxylic acids is 2. The Labute approximate surface area is 229 Å². The first-order valence-electron chi connectivity index (χ1n) is 11.1. The van der Waals surface area contributed by atoms with E-state index in [4.69, 9.17) is 15.2 Å².